The Hall–Kier alpha value is -0.610. The van der Waals surface area contributed by atoms with Crippen LogP contribution >= 0.6 is 0 Å². The number of hydrogen-bond donors (Lipinski definition) is 1. The van der Waals surface area contributed by atoms with Crippen LogP contribution in [0.15, 0.2) is 0 Å². The number of nitrogens with zero attached hydrogens (tertiary/aromatic N) is 1. The summed E-state index contributed by atoms with van der Waals surface area (Å²) in [7, 11) is 0. The van der Waals surface area contributed by atoms with Crippen molar-refractivity contribution in [3.8, 4) is 0 Å². The molecule has 0 bridgehead atoms. The molecule has 1 aliphatic heterocycles. The number of carbonyl (C=O) groups excluding carboxylic acids is 1. The molecule has 0 amide bonds. The van der Waals surface area contributed by atoms with Gasteiger partial charge in [0, 0.05) is 6.54 Å². The quantitative estimate of drug-likeness (QED) is 0.539. The van der Waals surface area contributed by atoms with E-state index in [2.05, 4.69) is 17.1 Å². The minimum absolute atomic E-state index is 0.0883. The molecule has 0 aromatic rings. The summed E-state index contributed by atoms with van der Waals surface area (Å²) in [6.45, 7) is 9.19. The van der Waals surface area contributed by atoms with Gasteiger partial charge in [-0.1, -0.05) is 6.92 Å². The minimum Gasteiger partial charge on any atom is -0.465 e. The molecule has 1 N–H and O–H groups in total. The molecule has 1 saturated heterocycles. The lowest BCUT2D eigenvalue weighted by Crippen LogP contribution is -2.42. The Morgan fingerprint density at radius 3 is 3.00 bits per heavy atom. The Morgan fingerprint density at radius 2 is 2.29 bits per heavy atom. The molecule has 4 heteroatoms. The molecule has 17 heavy (non-hydrogen) atoms. The van der Waals surface area contributed by atoms with Crippen molar-refractivity contribution < 1.29 is 9.53 Å². The lowest BCUT2D eigenvalue weighted by Gasteiger charge is -2.32. The summed E-state index contributed by atoms with van der Waals surface area (Å²) in [5, 5.41) is 3.46. The van der Waals surface area contributed by atoms with Crippen LogP contribution < -0.4 is 5.32 Å². The van der Waals surface area contributed by atoms with Gasteiger partial charge >= 0.3 is 5.97 Å². The molecule has 100 valence electrons. The molecule has 0 aliphatic carbocycles. The van der Waals surface area contributed by atoms with E-state index in [0.29, 0.717) is 19.1 Å². The molecule has 0 spiro atoms. The molecule has 1 rings (SSSR count). The molecule has 4 nitrogen and oxygen atoms in total. The molecule has 0 aromatic carbocycles. The Morgan fingerprint density at radius 1 is 1.47 bits per heavy atom. The van der Waals surface area contributed by atoms with Gasteiger partial charge < -0.3 is 10.1 Å². The summed E-state index contributed by atoms with van der Waals surface area (Å²) in [5.41, 5.74) is 0. The van der Waals surface area contributed by atoms with Gasteiger partial charge in [0.25, 0.3) is 0 Å². The number of esters is 1. The first-order valence-electron chi connectivity index (χ1n) is 6.85. The highest BCUT2D eigenvalue weighted by Gasteiger charge is 2.21. The topological polar surface area (TPSA) is 41.6 Å². The number of carbonyl (C=O) groups is 1. The largest absolute Gasteiger partial charge is 0.465 e. The maximum Gasteiger partial charge on any atom is 0.320 e. The Bertz CT molecular complexity index is 221. The normalized spacial score (nSPS) is 21.4. The minimum atomic E-state index is -0.0883. The first kappa shape index (κ1) is 14.5. The van der Waals surface area contributed by atoms with Crippen molar-refractivity contribution in [3.63, 3.8) is 0 Å². The first-order valence-corrected chi connectivity index (χ1v) is 6.85. The van der Waals surface area contributed by atoms with Crippen LogP contribution in [0.1, 0.15) is 33.1 Å². The third kappa shape index (κ3) is 6.03. The number of piperidine rings is 1. The van der Waals surface area contributed by atoms with E-state index in [4.69, 9.17) is 4.74 Å². The van der Waals surface area contributed by atoms with Crippen LogP contribution in [-0.2, 0) is 9.53 Å². The van der Waals surface area contributed by atoms with Crippen molar-refractivity contribution in [1.82, 2.24) is 10.2 Å². The summed E-state index contributed by atoms with van der Waals surface area (Å²) in [4.78, 5) is 13.6. The van der Waals surface area contributed by atoms with Crippen LogP contribution in [0.4, 0.5) is 0 Å². The highest BCUT2D eigenvalue weighted by atomic mass is 16.5. The fraction of sp³-hybridized carbons (Fsp3) is 0.923. The lowest BCUT2D eigenvalue weighted by molar-refractivity contribution is -0.144. The van der Waals surface area contributed by atoms with Crippen molar-refractivity contribution in [2.75, 3.05) is 39.3 Å². The van der Waals surface area contributed by atoms with Gasteiger partial charge in [0.2, 0.25) is 0 Å². The molecule has 0 aromatic heterocycles. The van der Waals surface area contributed by atoms with Crippen LogP contribution in [0.2, 0.25) is 0 Å². The standard InChI is InChI=1S/C13H26N2O2/c1-3-7-14-9-12-6-5-8-15(10-12)11-13(16)17-4-2/h12,14H,3-11H2,1-2H3. The number of ether oxygens (including phenoxy) is 1. The van der Waals surface area contributed by atoms with E-state index in [0.717, 1.165) is 26.2 Å². The van der Waals surface area contributed by atoms with E-state index in [1.807, 2.05) is 6.92 Å². The molecular weight excluding hydrogens is 216 g/mol. The Labute approximate surface area is 105 Å². The van der Waals surface area contributed by atoms with Crippen molar-refractivity contribution in [2.24, 2.45) is 5.92 Å². The van der Waals surface area contributed by atoms with E-state index in [9.17, 15) is 4.79 Å². The Kier molecular flexibility index (Phi) is 7.21. The maximum atomic E-state index is 11.4. The van der Waals surface area contributed by atoms with E-state index in [1.165, 1.54) is 19.3 Å². The molecule has 1 aliphatic rings. The molecule has 1 heterocycles. The predicted octanol–water partition coefficient (Wildman–Crippen LogP) is 1.26. The van der Waals surface area contributed by atoms with Gasteiger partial charge in [-0.05, 0) is 51.7 Å². The summed E-state index contributed by atoms with van der Waals surface area (Å²) in [6.07, 6.45) is 3.65. The van der Waals surface area contributed by atoms with Crippen LogP contribution in [-0.4, -0.2) is 50.2 Å². The Balaban J connectivity index is 2.21. The highest BCUT2D eigenvalue weighted by Crippen LogP contribution is 2.15. The van der Waals surface area contributed by atoms with E-state index in [1.54, 1.807) is 0 Å². The zero-order valence-corrected chi connectivity index (χ0v) is 11.2. The monoisotopic (exact) mass is 242 g/mol. The molecule has 1 fully saturated rings. The number of rotatable bonds is 7. The smallest absolute Gasteiger partial charge is 0.320 e. The third-order valence-corrected chi connectivity index (χ3v) is 3.12. The molecule has 1 unspecified atom stereocenters. The molecule has 0 radical (unpaired) electrons. The van der Waals surface area contributed by atoms with E-state index >= 15 is 0 Å². The second-order valence-electron chi connectivity index (χ2n) is 4.75. The molecule has 0 saturated carbocycles. The summed E-state index contributed by atoms with van der Waals surface area (Å²) < 4.78 is 4.98. The maximum absolute atomic E-state index is 11.4. The van der Waals surface area contributed by atoms with Gasteiger partial charge in [0.05, 0.1) is 13.2 Å². The molecular formula is C13H26N2O2. The number of hydrogen-bond acceptors (Lipinski definition) is 4. The van der Waals surface area contributed by atoms with Crippen LogP contribution in [0.5, 0.6) is 0 Å². The van der Waals surface area contributed by atoms with Crippen LogP contribution in [0, 0.1) is 5.92 Å². The van der Waals surface area contributed by atoms with Gasteiger partial charge in [0.1, 0.15) is 0 Å². The van der Waals surface area contributed by atoms with Crippen LogP contribution in [0.25, 0.3) is 0 Å². The van der Waals surface area contributed by atoms with Crippen LogP contribution in [0.3, 0.4) is 0 Å². The fourth-order valence-electron chi connectivity index (χ4n) is 2.33. The van der Waals surface area contributed by atoms with Crippen molar-refractivity contribution in [2.45, 2.75) is 33.1 Å². The second-order valence-corrected chi connectivity index (χ2v) is 4.75. The summed E-state index contributed by atoms with van der Waals surface area (Å²) in [5.74, 6) is 0.597. The van der Waals surface area contributed by atoms with Crippen molar-refractivity contribution in [3.05, 3.63) is 0 Å². The lowest BCUT2D eigenvalue weighted by atomic mass is 9.98. The van der Waals surface area contributed by atoms with Crippen molar-refractivity contribution >= 4 is 5.97 Å². The average Bonchev–Trinajstić information content (AvgIpc) is 2.30. The second kappa shape index (κ2) is 8.48. The first-order chi connectivity index (χ1) is 8.26. The number of likely N-dealkylation sites (tertiary alicyclic amines) is 1. The number of nitrogens with one attached hydrogen (secondary N) is 1. The zero-order valence-electron chi connectivity index (χ0n) is 11.2. The van der Waals surface area contributed by atoms with E-state index in [-0.39, 0.29) is 5.97 Å². The highest BCUT2D eigenvalue weighted by molar-refractivity contribution is 5.71. The summed E-state index contributed by atoms with van der Waals surface area (Å²) in [6, 6.07) is 0. The SMILES string of the molecule is CCCNCC1CCCN(CC(=O)OCC)C1. The van der Waals surface area contributed by atoms with Gasteiger partial charge in [-0.3, -0.25) is 9.69 Å². The van der Waals surface area contributed by atoms with Gasteiger partial charge in [-0.15, -0.1) is 0 Å². The molecule has 1 atom stereocenters. The fourth-order valence-corrected chi connectivity index (χ4v) is 2.33. The van der Waals surface area contributed by atoms with Gasteiger partial charge in [-0.25, -0.2) is 0 Å². The summed E-state index contributed by atoms with van der Waals surface area (Å²) >= 11 is 0. The predicted molar refractivity (Wildman–Crippen MR) is 69.0 cm³/mol. The van der Waals surface area contributed by atoms with E-state index < -0.39 is 0 Å². The zero-order chi connectivity index (χ0) is 12.5. The van der Waals surface area contributed by atoms with Gasteiger partial charge in [-0.2, -0.15) is 0 Å². The average molecular weight is 242 g/mol. The van der Waals surface area contributed by atoms with Gasteiger partial charge in [0.15, 0.2) is 0 Å². The third-order valence-electron chi connectivity index (χ3n) is 3.12. The van der Waals surface area contributed by atoms with Crippen molar-refractivity contribution in [1.29, 1.82) is 0 Å².